The predicted octanol–water partition coefficient (Wildman–Crippen LogP) is 7.78. The lowest BCUT2D eigenvalue weighted by atomic mass is 9.73. The fourth-order valence-electron chi connectivity index (χ4n) is 10.00. The number of esters is 2. The molecule has 10 nitrogen and oxygen atoms in total. The Morgan fingerprint density at radius 3 is 1.46 bits per heavy atom. The number of hydrogen-bond donors (Lipinski definition) is 2. The van der Waals surface area contributed by atoms with E-state index < -0.39 is 24.1 Å². The molecule has 10 heteroatoms. The molecule has 3 aromatic carbocycles. The monoisotopic (exact) mass is 750 g/mol. The minimum absolute atomic E-state index is 0.0632. The molecule has 6 saturated heterocycles. The lowest BCUT2D eigenvalue weighted by Gasteiger charge is -2.51. The Bertz CT molecular complexity index is 2170. The molecule has 0 aliphatic carbocycles. The third kappa shape index (κ3) is 6.60. The molecule has 6 aliphatic heterocycles. The number of piperidine rings is 6. The average Bonchev–Trinajstić information content (AvgIpc) is 3.24. The molecule has 0 spiro atoms. The van der Waals surface area contributed by atoms with Gasteiger partial charge in [0.1, 0.15) is 23.7 Å². The van der Waals surface area contributed by atoms with E-state index in [9.17, 15) is 19.8 Å². The maximum atomic E-state index is 14.1. The first-order valence-corrected chi connectivity index (χ1v) is 19.7. The number of carbonyl (C=O) groups excluding carboxylic acids is 2. The molecule has 6 fully saturated rings. The largest absolute Gasteiger partial charge is 0.508 e. The summed E-state index contributed by atoms with van der Waals surface area (Å²) in [6.07, 6.45) is 10.1. The molecule has 2 unspecified atom stereocenters. The van der Waals surface area contributed by atoms with Crippen molar-refractivity contribution in [2.45, 2.75) is 50.0 Å². The summed E-state index contributed by atoms with van der Waals surface area (Å²) in [6.45, 7) is 11.7. The van der Waals surface area contributed by atoms with Crippen molar-refractivity contribution in [3.8, 4) is 11.5 Å². The number of benzene rings is 3. The van der Waals surface area contributed by atoms with Crippen molar-refractivity contribution in [3.05, 3.63) is 133 Å². The summed E-state index contributed by atoms with van der Waals surface area (Å²) in [5.74, 6) is 0.879. The molecule has 4 bridgehead atoms. The van der Waals surface area contributed by atoms with Crippen LogP contribution in [0.4, 0.5) is 0 Å². The summed E-state index contributed by atoms with van der Waals surface area (Å²) < 4.78 is 12.9. The fourth-order valence-corrected chi connectivity index (χ4v) is 10.00. The average molecular weight is 751 g/mol. The molecule has 6 aliphatic rings. The van der Waals surface area contributed by atoms with Crippen LogP contribution in [0.25, 0.3) is 21.8 Å². The van der Waals surface area contributed by atoms with Gasteiger partial charge in [0.2, 0.25) is 0 Å². The van der Waals surface area contributed by atoms with Crippen molar-refractivity contribution in [1.82, 2.24) is 19.8 Å². The van der Waals surface area contributed by atoms with Crippen LogP contribution in [0.2, 0.25) is 0 Å². The maximum Gasteiger partial charge on any atom is 0.338 e. The Labute approximate surface area is 326 Å². The van der Waals surface area contributed by atoms with Crippen LogP contribution in [-0.4, -0.2) is 80.2 Å². The summed E-state index contributed by atoms with van der Waals surface area (Å²) in [6, 6.07) is 20.2. The fraction of sp³-hybridized carbons (Fsp3) is 0.348. The van der Waals surface area contributed by atoms with Gasteiger partial charge in [-0.05, 0) is 135 Å². The van der Waals surface area contributed by atoms with Crippen molar-refractivity contribution < 1.29 is 29.3 Å². The molecule has 0 amide bonds. The molecule has 10 atom stereocenters. The number of fused-ring (bicyclic) bond motifs is 8. The molecule has 11 rings (SSSR count). The first-order chi connectivity index (χ1) is 27.3. The Balaban J connectivity index is 0.991. The predicted molar refractivity (Wildman–Crippen MR) is 213 cm³/mol. The Morgan fingerprint density at radius 2 is 1.09 bits per heavy atom. The Morgan fingerprint density at radius 1 is 0.661 bits per heavy atom. The summed E-state index contributed by atoms with van der Waals surface area (Å²) >= 11 is 0. The zero-order valence-corrected chi connectivity index (χ0v) is 31.2. The highest BCUT2D eigenvalue weighted by atomic mass is 16.5. The van der Waals surface area contributed by atoms with Crippen molar-refractivity contribution >= 4 is 33.7 Å². The zero-order valence-electron chi connectivity index (χ0n) is 31.2. The van der Waals surface area contributed by atoms with Crippen molar-refractivity contribution in [2.75, 3.05) is 26.2 Å². The highest BCUT2D eigenvalue weighted by Gasteiger charge is 2.46. The van der Waals surface area contributed by atoms with Gasteiger partial charge in [-0.25, -0.2) is 9.59 Å². The van der Waals surface area contributed by atoms with E-state index in [-0.39, 0.29) is 23.6 Å². The number of carbonyl (C=O) groups is 2. The highest BCUT2D eigenvalue weighted by molar-refractivity contribution is 5.94. The number of nitrogens with zero attached hydrogens (tertiary/aromatic N) is 4. The van der Waals surface area contributed by atoms with Crippen LogP contribution >= 0.6 is 0 Å². The van der Waals surface area contributed by atoms with E-state index in [1.165, 1.54) is 0 Å². The lowest BCUT2D eigenvalue weighted by Crippen LogP contribution is -2.55. The second kappa shape index (κ2) is 14.8. The topological polar surface area (TPSA) is 125 Å². The smallest absolute Gasteiger partial charge is 0.338 e. The van der Waals surface area contributed by atoms with E-state index >= 15 is 0 Å². The second-order valence-corrected chi connectivity index (χ2v) is 15.9. The van der Waals surface area contributed by atoms with Crippen LogP contribution in [0, 0.1) is 23.7 Å². The molecule has 0 saturated carbocycles. The molecule has 8 heterocycles. The second-order valence-electron chi connectivity index (χ2n) is 15.9. The number of pyridine rings is 2. The minimum atomic E-state index is -0.620. The highest BCUT2D eigenvalue weighted by Crippen LogP contribution is 2.46. The van der Waals surface area contributed by atoms with Crippen LogP contribution in [0.15, 0.2) is 111 Å². The number of aromatic hydroxyl groups is 2. The summed E-state index contributed by atoms with van der Waals surface area (Å²) in [5, 5.41) is 22.3. The minimum Gasteiger partial charge on any atom is -0.508 e. The molecule has 5 aromatic rings. The van der Waals surface area contributed by atoms with E-state index in [1.54, 1.807) is 73.1 Å². The molecule has 286 valence electrons. The summed E-state index contributed by atoms with van der Waals surface area (Å²) in [5.41, 5.74) is 3.62. The third-order valence-electron chi connectivity index (χ3n) is 13.0. The molecule has 56 heavy (non-hydrogen) atoms. The first kappa shape index (κ1) is 36.1. The summed E-state index contributed by atoms with van der Waals surface area (Å²) in [7, 11) is 0. The van der Waals surface area contributed by atoms with Gasteiger partial charge in [-0.3, -0.25) is 19.8 Å². The lowest BCUT2D eigenvalue weighted by molar-refractivity contribution is -0.0571. The van der Waals surface area contributed by atoms with Crippen LogP contribution in [0.3, 0.4) is 0 Å². The number of rotatable bonds is 10. The van der Waals surface area contributed by atoms with Crippen LogP contribution in [-0.2, 0) is 9.47 Å². The van der Waals surface area contributed by atoms with E-state index in [0.717, 1.165) is 73.8 Å². The van der Waals surface area contributed by atoms with Crippen molar-refractivity contribution in [2.24, 2.45) is 23.7 Å². The van der Waals surface area contributed by atoms with E-state index in [1.807, 2.05) is 24.3 Å². The normalized spacial score (nSPS) is 27.7. The van der Waals surface area contributed by atoms with Crippen LogP contribution in [0.1, 0.15) is 69.7 Å². The van der Waals surface area contributed by atoms with Gasteiger partial charge in [0.25, 0.3) is 0 Å². The Hall–Kier alpha value is -5.58. The van der Waals surface area contributed by atoms with Gasteiger partial charge >= 0.3 is 11.9 Å². The van der Waals surface area contributed by atoms with Crippen molar-refractivity contribution in [1.29, 1.82) is 0 Å². The third-order valence-corrected chi connectivity index (χ3v) is 13.0. The van der Waals surface area contributed by atoms with Gasteiger partial charge in [0.05, 0.1) is 34.2 Å². The number of ether oxygens (including phenoxy) is 2. The van der Waals surface area contributed by atoms with Gasteiger partial charge in [-0.2, -0.15) is 0 Å². The molecular formula is C46H46N4O6. The van der Waals surface area contributed by atoms with Gasteiger partial charge in [-0.15, -0.1) is 13.2 Å². The molecule has 2 N–H and O–H groups in total. The van der Waals surface area contributed by atoms with Gasteiger partial charge in [0.15, 0.2) is 0 Å². The number of phenolic OH excluding ortho intramolecular Hbond substituents is 2. The number of phenols is 2. The maximum absolute atomic E-state index is 14.1. The van der Waals surface area contributed by atoms with E-state index in [0.29, 0.717) is 45.8 Å². The van der Waals surface area contributed by atoms with Crippen LogP contribution < -0.4 is 0 Å². The molecule has 2 aromatic heterocycles. The van der Waals surface area contributed by atoms with Gasteiger partial charge in [0, 0.05) is 47.4 Å². The van der Waals surface area contributed by atoms with Gasteiger partial charge in [-0.1, -0.05) is 12.2 Å². The van der Waals surface area contributed by atoms with Crippen molar-refractivity contribution in [3.63, 3.8) is 0 Å². The summed E-state index contributed by atoms with van der Waals surface area (Å²) in [4.78, 5) is 41.9. The quantitative estimate of drug-likeness (QED) is 0.108. The molecular weight excluding hydrogens is 705 g/mol. The number of aromatic nitrogens is 2. The zero-order chi connectivity index (χ0) is 38.5. The number of hydrogen-bond acceptors (Lipinski definition) is 10. The Kier molecular flexibility index (Phi) is 9.55. The SMILES string of the molecule is C=C[C@H]1CN2CC[C@H]1C[C@H]2[C@H](OC(=O)c1ccc(C(=O)O[C@H](c2ccnc3ccc(O)cc23)[C@@H]2C[C@@H]3CCN2C[C@@H]3C=C)cc1)c1ccnc2ccc(O)cc12. The molecule has 0 radical (unpaired) electrons. The van der Waals surface area contributed by atoms with Crippen LogP contribution in [0.5, 0.6) is 11.5 Å². The standard InChI is InChI=1S/C46H46N4O6/c1-3-27-25-49-19-15-31(27)21-41(49)43(35-13-17-47-39-11-9-33(51)23-37(35)39)55-45(53)29-5-7-30(8-6-29)46(54)56-44(42-22-32-16-20-50(42)26-28(32)4-2)36-14-18-48-40-12-10-34(52)24-38(36)40/h3-14,17-18,23-24,27-28,31-32,41-44,51-52H,1-2,15-16,19-22,25-26H2/t27-,28-,31-,32-,41-,42-,43+,44+/m0/s1. The van der Waals surface area contributed by atoms with E-state index in [2.05, 4.69) is 32.9 Å². The van der Waals surface area contributed by atoms with Gasteiger partial charge < -0.3 is 19.7 Å². The first-order valence-electron chi connectivity index (χ1n) is 19.7. The van der Waals surface area contributed by atoms with E-state index in [4.69, 9.17) is 9.47 Å².